The summed E-state index contributed by atoms with van der Waals surface area (Å²) >= 11 is 0. The fraction of sp³-hybridized carbons (Fsp3) is 0.286. The Morgan fingerprint density at radius 1 is 1.00 bits per heavy atom. The first-order valence-corrected chi connectivity index (χ1v) is 6.41. The van der Waals surface area contributed by atoms with Gasteiger partial charge in [-0.05, 0) is 31.0 Å². The lowest BCUT2D eigenvalue weighted by Gasteiger charge is -2.14. The quantitative estimate of drug-likeness (QED) is 0.603. The molecule has 4 nitrogen and oxygen atoms in total. The number of benzene rings is 1. The van der Waals surface area contributed by atoms with Crippen LogP contribution in [0.4, 0.5) is 0 Å². The highest BCUT2D eigenvalue weighted by Crippen LogP contribution is 2.26. The number of aromatic nitrogens is 4. The van der Waals surface area contributed by atoms with Gasteiger partial charge in [-0.3, -0.25) is 4.68 Å². The molecule has 0 fully saturated rings. The van der Waals surface area contributed by atoms with Gasteiger partial charge in [-0.25, -0.2) is 4.98 Å². The third-order valence-corrected chi connectivity index (χ3v) is 3.60. The van der Waals surface area contributed by atoms with Gasteiger partial charge in [-0.1, -0.05) is 12.1 Å². The highest BCUT2D eigenvalue weighted by molar-refractivity contribution is 5.80. The number of imidazole rings is 1. The van der Waals surface area contributed by atoms with Crippen LogP contribution in [0.1, 0.15) is 12.8 Å². The lowest BCUT2D eigenvalue weighted by molar-refractivity contribution is 0.513. The SMILES string of the molecule is c1ccc2c(c1)nc1n2CCCCn2nccc2-1. The summed E-state index contributed by atoms with van der Waals surface area (Å²) < 4.78 is 4.39. The van der Waals surface area contributed by atoms with Crippen LogP contribution in [0.25, 0.3) is 22.6 Å². The molecule has 0 saturated carbocycles. The van der Waals surface area contributed by atoms with Crippen LogP contribution in [-0.2, 0) is 13.1 Å². The standard InChI is InChI=1S/C14H14N4/c1-2-6-12-11(5-1)16-14-13-7-8-15-18(13)10-4-3-9-17(12)14/h1-2,5-8H,3-4,9-10H2. The number of fused-ring (bicyclic) bond motifs is 5. The van der Waals surface area contributed by atoms with Crippen LogP contribution in [0.2, 0.25) is 0 Å². The van der Waals surface area contributed by atoms with E-state index in [2.05, 4.69) is 38.6 Å². The molecule has 90 valence electrons. The van der Waals surface area contributed by atoms with Gasteiger partial charge in [0, 0.05) is 19.3 Å². The molecule has 0 atom stereocenters. The van der Waals surface area contributed by atoms with Crippen molar-refractivity contribution in [1.82, 2.24) is 19.3 Å². The third-order valence-electron chi connectivity index (χ3n) is 3.60. The van der Waals surface area contributed by atoms with Crippen molar-refractivity contribution in [3.63, 3.8) is 0 Å². The highest BCUT2D eigenvalue weighted by atomic mass is 15.3. The number of aryl methyl sites for hydroxylation is 2. The lowest BCUT2D eigenvalue weighted by atomic mass is 10.2. The zero-order chi connectivity index (χ0) is 11.9. The van der Waals surface area contributed by atoms with E-state index in [1.165, 1.54) is 18.4 Å². The maximum Gasteiger partial charge on any atom is 0.159 e. The molecule has 4 rings (SSSR count). The molecule has 0 radical (unpaired) electrons. The van der Waals surface area contributed by atoms with Gasteiger partial charge in [0.15, 0.2) is 5.82 Å². The van der Waals surface area contributed by atoms with E-state index in [9.17, 15) is 0 Å². The molecule has 3 heterocycles. The average Bonchev–Trinajstić information content (AvgIpc) is 2.95. The van der Waals surface area contributed by atoms with Gasteiger partial charge in [-0.15, -0.1) is 0 Å². The van der Waals surface area contributed by atoms with Crippen molar-refractivity contribution < 1.29 is 0 Å². The fourth-order valence-corrected chi connectivity index (χ4v) is 2.73. The van der Waals surface area contributed by atoms with Crippen LogP contribution in [0.5, 0.6) is 0 Å². The van der Waals surface area contributed by atoms with E-state index >= 15 is 0 Å². The average molecular weight is 238 g/mol. The lowest BCUT2D eigenvalue weighted by Crippen LogP contribution is -2.11. The van der Waals surface area contributed by atoms with E-state index in [4.69, 9.17) is 4.98 Å². The van der Waals surface area contributed by atoms with Crippen molar-refractivity contribution in [1.29, 1.82) is 0 Å². The molecule has 4 heteroatoms. The van der Waals surface area contributed by atoms with Gasteiger partial charge >= 0.3 is 0 Å². The second-order valence-electron chi connectivity index (χ2n) is 4.72. The molecule has 3 aromatic rings. The Morgan fingerprint density at radius 3 is 2.89 bits per heavy atom. The molecule has 1 aromatic carbocycles. The number of hydrogen-bond donors (Lipinski definition) is 0. The van der Waals surface area contributed by atoms with Crippen molar-refractivity contribution >= 4 is 11.0 Å². The predicted molar refractivity (Wildman–Crippen MR) is 70.2 cm³/mol. The molecule has 18 heavy (non-hydrogen) atoms. The Labute approximate surface area is 105 Å². The first-order valence-electron chi connectivity index (χ1n) is 6.41. The molecule has 0 spiro atoms. The summed E-state index contributed by atoms with van der Waals surface area (Å²) in [5, 5.41) is 4.39. The summed E-state index contributed by atoms with van der Waals surface area (Å²) in [6.07, 6.45) is 4.21. The maximum absolute atomic E-state index is 4.77. The highest BCUT2D eigenvalue weighted by Gasteiger charge is 2.17. The van der Waals surface area contributed by atoms with Gasteiger partial charge in [0.05, 0.1) is 11.0 Å². The van der Waals surface area contributed by atoms with Crippen molar-refractivity contribution in [3.8, 4) is 11.5 Å². The Hall–Kier alpha value is -2.10. The first kappa shape index (κ1) is 9.88. The summed E-state index contributed by atoms with van der Waals surface area (Å²) in [4.78, 5) is 4.77. The zero-order valence-electron chi connectivity index (χ0n) is 10.1. The summed E-state index contributed by atoms with van der Waals surface area (Å²) in [6.45, 7) is 2.03. The Bertz CT molecular complexity index is 707. The molecule has 1 aliphatic rings. The molecular formula is C14H14N4. The summed E-state index contributed by atoms with van der Waals surface area (Å²) in [5.41, 5.74) is 3.43. The summed E-state index contributed by atoms with van der Waals surface area (Å²) in [7, 11) is 0. The first-order chi connectivity index (χ1) is 8.93. The van der Waals surface area contributed by atoms with Crippen molar-refractivity contribution in [2.24, 2.45) is 0 Å². The molecular weight excluding hydrogens is 224 g/mol. The van der Waals surface area contributed by atoms with Crippen LogP contribution >= 0.6 is 0 Å². The van der Waals surface area contributed by atoms with Gasteiger partial charge in [0.1, 0.15) is 5.69 Å². The van der Waals surface area contributed by atoms with E-state index in [0.717, 1.165) is 30.1 Å². The van der Waals surface area contributed by atoms with Crippen LogP contribution < -0.4 is 0 Å². The minimum atomic E-state index is 0.992. The molecule has 0 bridgehead atoms. The zero-order valence-corrected chi connectivity index (χ0v) is 10.1. The smallest absolute Gasteiger partial charge is 0.159 e. The van der Waals surface area contributed by atoms with Gasteiger partial charge < -0.3 is 4.57 Å². The molecule has 0 saturated heterocycles. The second-order valence-corrected chi connectivity index (χ2v) is 4.72. The largest absolute Gasteiger partial charge is 0.323 e. The molecule has 0 unspecified atom stereocenters. The van der Waals surface area contributed by atoms with E-state index in [1.807, 2.05) is 12.3 Å². The van der Waals surface area contributed by atoms with Gasteiger partial charge in [0.25, 0.3) is 0 Å². The van der Waals surface area contributed by atoms with E-state index in [-0.39, 0.29) is 0 Å². The number of rotatable bonds is 0. The minimum Gasteiger partial charge on any atom is -0.323 e. The van der Waals surface area contributed by atoms with Gasteiger partial charge in [0.2, 0.25) is 0 Å². The summed E-state index contributed by atoms with van der Waals surface area (Å²) in [5.74, 6) is 1.05. The molecule has 0 aliphatic carbocycles. The van der Waals surface area contributed by atoms with E-state index < -0.39 is 0 Å². The van der Waals surface area contributed by atoms with Crippen LogP contribution in [0, 0.1) is 0 Å². The van der Waals surface area contributed by atoms with Crippen molar-refractivity contribution in [3.05, 3.63) is 36.5 Å². The Kier molecular flexibility index (Phi) is 2.03. The molecule has 0 N–H and O–H groups in total. The Morgan fingerprint density at radius 2 is 1.89 bits per heavy atom. The predicted octanol–water partition coefficient (Wildman–Crippen LogP) is 2.69. The minimum absolute atomic E-state index is 0.992. The number of para-hydroxylation sites is 2. The van der Waals surface area contributed by atoms with E-state index in [1.54, 1.807) is 0 Å². The molecule has 0 amide bonds. The second kappa shape index (κ2) is 3.70. The Balaban J connectivity index is 2.06. The van der Waals surface area contributed by atoms with Crippen molar-refractivity contribution in [2.75, 3.05) is 0 Å². The van der Waals surface area contributed by atoms with Crippen LogP contribution in [-0.4, -0.2) is 19.3 Å². The molecule has 1 aliphatic heterocycles. The summed E-state index contributed by atoms with van der Waals surface area (Å²) in [6, 6.07) is 10.4. The maximum atomic E-state index is 4.77. The monoisotopic (exact) mass is 238 g/mol. The van der Waals surface area contributed by atoms with Gasteiger partial charge in [-0.2, -0.15) is 5.10 Å². The van der Waals surface area contributed by atoms with Crippen LogP contribution in [0.3, 0.4) is 0 Å². The van der Waals surface area contributed by atoms with Crippen LogP contribution in [0.15, 0.2) is 36.5 Å². The topological polar surface area (TPSA) is 35.6 Å². The van der Waals surface area contributed by atoms with E-state index in [0.29, 0.717) is 0 Å². The van der Waals surface area contributed by atoms with Crippen molar-refractivity contribution in [2.45, 2.75) is 25.9 Å². The number of hydrogen-bond acceptors (Lipinski definition) is 2. The number of nitrogens with zero attached hydrogens (tertiary/aromatic N) is 4. The molecule has 2 aromatic heterocycles. The normalized spacial score (nSPS) is 14.9. The fourth-order valence-electron chi connectivity index (χ4n) is 2.73. The third kappa shape index (κ3) is 1.32.